The molecule has 1 heterocycles. The molecule has 1 amide bonds. The Hall–Kier alpha value is -1.00. The van der Waals surface area contributed by atoms with E-state index in [-0.39, 0.29) is 12.5 Å². The molecule has 1 aromatic heterocycles. The van der Waals surface area contributed by atoms with Gasteiger partial charge in [0.1, 0.15) is 5.69 Å². The summed E-state index contributed by atoms with van der Waals surface area (Å²) in [5.41, 5.74) is -0.0718. The molecule has 4 nitrogen and oxygen atoms in total. The molecule has 1 rings (SSSR count). The topological polar surface area (TPSA) is 54.3 Å². The van der Waals surface area contributed by atoms with Gasteiger partial charge in [-0.1, -0.05) is 18.5 Å². The third-order valence-corrected chi connectivity index (χ3v) is 3.19. The summed E-state index contributed by atoms with van der Waals surface area (Å²) in [4.78, 5) is 12.1. The normalized spacial score (nSPS) is 14.4. The van der Waals surface area contributed by atoms with Gasteiger partial charge in [0, 0.05) is 12.7 Å². The van der Waals surface area contributed by atoms with Crippen molar-refractivity contribution in [3.05, 3.63) is 23.0 Å². The van der Waals surface area contributed by atoms with E-state index in [9.17, 15) is 9.90 Å². The molecule has 0 aromatic carbocycles. The lowest BCUT2D eigenvalue weighted by atomic mass is 10.00. The summed E-state index contributed by atoms with van der Waals surface area (Å²) in [5, 5.41) is 12.6. The van der Waals surface area contributed by atoms with E-state index in [1.54, 1.807) is 16.8 Å². The molecule has 1 unspecified atom stereocenters. The van der Waals surface area contributed by atoms with E-state index in [0.29, 0.717) is 23.7 Å². The minimum Gasteiger partial charge on any atom is -0.394 e. The Morgan fingerprint density at radius 1 is 1.59 bits per heavy atom. The van der Waals surface area contributed by atoms with Crippen molar-refractivity contribution >= 4 is 17.5 Å². The standard InChI is InChI=1S/C12H19ClN2O2/c1-4-12(3,8-16)14-11(17)10-6-9(13)7-15(10)5-2/h6-7,16H,4-5,8H2,1-3H3,(H,14,17). The number of aliphatic hydroxyl groups is 1. The summed E-state index contributed by atoms with van der Waals surface area (Å²) in [6, 6.07) is 1.63. The van der Waals surface area contributed by atoms with Crippen LogP contribution in [0, 0.1) is 0 Å². The first kappa shape index (κ1) is 14.1. The van der Waals surface area contributed by atoms with Crippen LogP contribution in [0.3, 0.4) is 0 Å². The van der Waals surface area contributed by atoms with Gasteiger partial charge in [-0.05, 0) is 26.3 Å². The van der Waals surface area contributed by atoms with Crippen molar-refractivity contribution in [2.75, 3.05) is 6.61 Å². The van der Waals surface area contributed by atoms with Gasteiger partial charge in [-0.2, -0.15) is 0 Å². The van der Waals surface area contributed by atoms with Gasteiger partial charge in [-0.3, -0.25) is 4.79 Å². The van der Waals surface area contributed by atoms with E-state index in [4.69, 9.17) is 11.6 Å². The Kier molecular flexibility index (Phi) is 4.60. The number of nitrogens with one attached hydrogen (secondary N) is 1. The van der Waals surface area contributed by atoms with E-state index in [1.165, 1.54) is 0 Å². The maximum absolute atomic E-state index is 12.1. The Morgan fingerprint density at radius 3 is 2.71 bits per heavy atom. The molecule has 0 spiro atoms. The van der Waals surface area contributed by atoms with E-state index in [1.807, 2.05) is 20.8 Å². The maximum Gasteiger partial charge on any atom is 0.268 e. The molecule has 5 heteroatoms. The quantitative estimate of drug-likeness (QED) is 0.849. The third kappa shape index (κ3) is 3.23. The van der Waals surface area contributed by atoms with Crippen molar-refractivity contribution in [2.45, 2.75) is 39.3 Å². The molecule has 0 bridgehead atoms. The van der Waals surface area contributed by atoms with Crippen molar-refractivity contribution in [1.29, 1.82) is 0 Å². The second-order valence-corrected chi connectivity index (χ2v) is 4.79. The number of hydrogen-bond acceptors (Lipinski definition) is 2. The van der Waals surface area contributed by atoms with Gasteiger partial charge in [0.25, 0.3) is 5.91 Å². The number of aryl methyl sites for hydroxylation is 1. The van der Waals surface area contributed by atoms with Crippen LogP contribution in [0.5, 0.6) is 0 Å². The zero-order valence-electron chi connectivity index (χ0n) is 10.5. The van der Waals surface area contributed by atoms with Gasteiger partial charge in [0.15, 0.2) is 0 Å². The Labute approximate surface area is 107 Å². The number of carbonyl (C=O) groups excluding carboxylic acids is 1. The summed E-state index contributed by atoms with van der Waals surface area (Å²) in [6.07, 6.45) is 2.38. The number of aromatic nitrogens is 1. The molecule has 17 heavy (non-hydrogen) atoms. The molecule has 0 aliphatic rings. The lowest BCUT2D eigenvalue weighted by Gasteiger charge is -2.27. The van der Waals surface area contributed by atoms with Gasteiger partial charge in [0.05, 0.1) is 17.2 Å². The number of hydrogen-bond donors (Lipinski definition) is 2. The maximum atomic E-state index is 12.1. The molecule has 0 radical (unpaired) electrons. The first-order chi connectivity index (χ1) is 7.95. The van der Waals surface area contributed by atoms with Crippen molar-refractivity contribution in [2.24, 2.45) is 0 Å². The molecule has 0 fully saturated rings. The molecule has 0 aliphatic carbocycles. The summed E-state index contributed by atoms with van der Waals surface area (Å²) in [7, 11) is 0. The van der Waals surface area contributed by atoms with Crippen LogP contribution in [-0.4, -0.2) is 27.7 Å². The molecule has 1 atom stereocenters. The highest BCUT2D eigenvalue weighted by Crippen LogP contribution is 2.16. The SMILES string of the molecule is CCn1cc(Cl)cc1C(=O)NC(C)(CC)CO. The number of aliphatic hydroxyl groups excluding tert-OH is 1. The smallest absolute Gasteiger partial charge is 0.268 e. The fraction of sp³-hybridized carbons (Fsp3) is 0.583. The van der Waals surface area contributed by atoms with Crippen molar-refractivity contribution in [3.8, 4) is 0 Å². The highest BCUT2D eigenvalue weighted by molar-refractivity contribution is 6.31. The Morgan fingerprint density at radius 2 is 2.24 bits per heavy atom. The molecule has 96 valence electrons. The summed E-state index contributed by atoms with van der Waals surface area (Å²) in [6.45, 7) is 6.26. The predicted molar refractivity (Wildman–Crippen MR) is 68.4 cm³/mol. The van der Waals surface area contributed by atoms with Crippen molar-refractivity contribution < 1.29 is 9.90 Å². The van der Waals surface area contributed by atoms with Crippen LogP contribution in [0.4, 0.5) is 0 Å². The predicted octanol–water partition coefficient (Wildman–Crippen LogP) is 2.05. The van der Waals surface area contributed by atoms with Gasteiger partial charge < -0.3 is 15.0 Å². The molecule has 2 N–H and O–H groups in total. The lowest BCUT2D eigenvalue weighted by molar-refractivity contribution is 0.0838. The second kappa shape index (κ2) is 5.56. The first-order valence-electron chi connectivity index (χ1n) is 5.74. The van der Waals surface area contributed by atoms with Gasteiger partial charge >= 0.3 is 0 Å². The molecule has 0 aliphatic heterocycles. The number of carbonyl (C=O) groups is 1. The third-order valence-electron chi connectivity index (χ3n) is 2.98. The average Bonchev–Trinajstić information content (AvgIpc) is 2.70. The largest absolute Gasteiger partial charge is 0.394 e. The number of rotatable bonds is 5. The Balaban J connectivity index is 2.89. The first-order valence-corrected chi connectivity index (χ1v) is 6.12. The van der Waals surface area contributed by atoms with Crippen LogP contribution in [0.2, 0.25) is 5.02 Å². The van der Waals surface area contributed by atoms with Crippen molar-refractivity contribution in [1.82, 2.24) is 9.88 Å². The zero-order valence-corrected chi connectivity index (χ0v) is 11.2. The number of nitrogens with zero attached hydrogens (tertiary/aromatic N) is 1. The van der Waals surface area contributed by atoms with Crippen LogP contribution >= 0.6 is 11.6 Å². The van der Waals surface area contributed by atoms with Crippen LogP contribution in [0.25, 0.3) is 0 Å². The van der Waals surface area contributed by atoms with Crippen molar-refractivity contribution in [3.63, 3.8) is 0 Å². The number of amides is 1. The summed E-state index contributed by atoms with van der Waals surface area (Å²) < 4.78 is 1.78. The zero-order chi connectivity index (χ0) is 13.1. The lowest BCUT2D eigenvalue weighted by Crippen LogP contribution is -2.48. The summed E-state index contributed by atoms with van der Waals surface area (Å²) >= 11 is 5.88. The minimum absolute atomic E-state index is 0.0875. The van der Waals surface area contributed by atoms with Crippen LogP contribution in [-0.2, 0) is 6.54 Å². The molecule has 1 aromatic rings. The molecule has 0 saturated carbocycles. The second-order valence-electron chi connectivity index (χ2n) is 4.36. The van der Waals surface area contributed by atoms with Gasteiger partial charge in [0.2, 0.25) is 0 Å². The number of halogens is 1. The van der Waals surface area contributed by atoms with Crippen LogP contribution in [0.15, 0.2) is 12.3 Å². The minimum atomic E-state index is -0.591. The average molecular weight is 259 g/mol. The fourth-order valence-corrected chi connectivity index (χ4v) is 1.73. The van der Waals surface area contributed by atoms with E-state index >= 15 is 0 Å². The highest BCUT2D eigenvalue weighted by Gasteiger charge is 2.25. The molecular formula is C12H19ClN2O2. The van der Waals surface area contributed by atoms with Crippen LogP contribution < -0.4 is 5.32 Å². The van der Waals surface area contributed by atoms with E-state index < -0.39 is 5.54 Å². The van der Waals surface area contributed by atoms with Crippen LogP contribution in [0.1, 0.15) is 37.7 Å². The fourth-order valence-electron chi connectivity index (χ4n) is 1.50. The van der Waals surface area contributed by atoms with E-state index in [0.717, 1.165) is 0 Å². The summed E-state index contributed by atoms with van der Waals surface area (Å²) in [5.74, 6) is -0.211. The monoisotopic (exact) mass is 258 g/mol. The van der Waals surface area contributed by atoms with E-state index in [2.05, 4.69) is 5.32 Å². The highest BCUT2D eigenvalue weighted by atomic mass is 35.5. The molecular weight excluding hydrogens is 240 g/mol. The Bertz CT molecular complexity index is 397. The molecule has 0 saturated heterocycles. The van der Waals surface area contributed by atoms with Gasteiger partial charge in [-0.15, -0.1) is 0 Å². The van der Waals surface area contributed by atoms with Gasteiger partial charge in [-0.25, -0.2) is 0 Å².